The maximum atomic E-state index is 5.09. The highest BCUT2D eigenvalue weighted by Crippen LogP contribution is 2.08. The maximum absolute atomic E-state index is 5.09. The van der Waals surface area contributed by atoms with Gasteiger partial charge in [-0.3, -0.25) is 0 Å². The van der Waals surface area contributed by atoms with E-state index in [1.165, 1.54) is 0 Å². The summed E-state index contributed by atoms with van der Waals surface area (Å²) < 4.78 is 5.09. The fourth-order valence-corrected chi connectivity index (χ4v) is 0.863. The van der Waals surface area contributed by atoms with Gasteiger partial charge in [-0.1, -0.05) is 15.9 Å². The van der Waals surface area contributed by atoms with Gasteiger partial charge in [0.2, 0.25) is 0 Å². The number of hydrogen-bond donors (Lipinski definition) is 0. The van der Waals surface area contributed by atoms with E-state index in [9.17, 15) is 0 Å². The molecule has 0 unspecified atom stereocenters. The first-order valence-corrected chi connectivity index (χ1v) is 3.56. The number of furan rings is 1. The molecule has 0 saturated heterocycles. The predicted molar refractivity (Wildman–Crippen MR) is 41.4 cm³/mol. The molecule has 9 heavy (non-hydrogen) atoms. The molecule has 0 bridgehead atoms. The molecule has 1 nitrogen and oxygen atoms in total. The first-order valence-electron chi connectivity index (χ1n) is 2.65. The summed E-state index contributed by atoms with van der Waals surface area (Å²) in [5, 5.41) is 0. The molecule has 1 aromatic heterocycles. The normalized spacial score (nSPS) is 10.9. The van der Waals surface area contributed by atoms with Crippen LogP contribution in [0.4, 0.5) is 0 Å². The van der Waals surface area contributed by atoms with Crippen LogP contribution in [0.3, 0.4) is 0 Å². The molecule has 0 fully saturated rings. The van der Waals surface area contributed by atoms with Gasteiger partial charge in [-0.05, 0) is 29.6 Å². The Morgan fingerprint density at radius 1 is 1.67 bits per heavy atom. The summed E-state index contributed by atoms with van der Waals surface area (Å²) in [5.41, 5.74) is 1.15. The van der Waals surface area contributed by atoms with E-state index >= 15 is 0 Å². The molecule has 0 atom stereocenters. The standard InChI is InChI=1S/C7H7BrO/c1-6-4-7(2-3-8)9-5-6/h2-5H,1H3/b3-2+. The fourth-order valence-electron chi connectivity index (χ4n) is 0.603. The Morgan fingerprint density at radius 3 is 2.89 bits per heavy atom. The van der Waals surface area contributed by atoms with E-state index in [-0.39, 0.29) is 0 Å². The van der Waals surface area contributed by atoms with Gasteiger partial charge in [0.25, 0.3) is 0 Å². The lowest BCUT2D eigenvalue weighted by Crippen LogP contribution is -1.56. The lowest BCUT2D eigenvalue weighted by molar-refractivity contribution is 0.555. The maximum Gasteiger partial charge on any atom is 0.127 e. The summed E-state index contributed by atoms with van der Waals surface area (Å²) in [5.74, 6) is 0.879. The van der Waals surface area contributed by atoms with Gasteiger partial charge in [-0.25, -0.2) is 0 Å². The first kappa shape index (κ1) is 6.62. The Morgan fingerprint density at radius 2 is 2.44 bits per heavy atom. The molecule has 0 aliphatic carbocycles. The molecule has 0 saturated carbocycles. The summed E-state index contributed by atoms with van der Waals surface area (Å²) in [7, 11) is 0. The van der Waals surface area contributed by atoms with Gasteiger partial charge in [0.1, 0.15) is 5.76 Å². The molecule has 0 aliphatic rings. The van der Waals surface area contributed by atoms with E-state index in [4.69, 9.17) is 4.42 Å². The number of halogens is 1. The van der Waals surface area contributed by atoms with E-state index in [2.05, 4.69) is 15.9 Å². The van der Waals surface area contributed by atoms with Gasteiger partial charge < -0.3 is 4.42 Å². The predicted octanol–water partition coefficient (Wildman–Crippen LogP) is 2.95. The van der Waals surface area contributed by atoms with E-state index < -0.39 is 0 Å². The average molecular weight is 187 g/mol. The molecule has 1 aromatic rings. The SMILES string of the molecule is Cc1coc(/C=C/Br)c1. The van der Waals surface area contributed by atoms with Crippen LogP contribution in [-0.2, 0) is 0 Å². The summed E-state index contributed by atoms with van der Waals surface area (Å²) in [4.78, 5) is 1.77. The van der Waals surface area contributed by atoms with Crippen LogP contribution in [0.2, 0.25) is 0 Å². The molecular weight excluding hydrogens is 180 g/mol. The van der Waals surface area contributed by atoms with Crippen LogP contribution in [0.5, 0.6) is 0 Å². The van der Waals surface area contributed by atoms with Crippen molar-refractivity contribution >= 4 is 22.0 Å². The van der Waals surface area contributed by atoms with Crippen LogP contribution in [-0.4, -0.2) is 0 Å². The third-order valence-corrected chi connectivity index (χ3v) is 1.24. The third-order valence-electron chi connectivity index (χ3n) is 0.978. The zero-order valence-electron chi connectivity index (χ0n) is 5.10. The van der Waals surface area contributed by atoms with Crippen LogP contribution in [0.1, 0.15) is 11.3 Å². The van der Waals surface area contributed by atoms with E-state index in [1.807, 2.05) is 19.1 Å². The summed E-state index contributed by atoms with van der Waals surface area (Å²) in [6, 6.07) is 1.97. The van der Waals surface area contributed by atoms with E-state index in [0.717, 1.165) is 11.3 Å². The van der Waals surface area contributed by atoms with Crippen molar-refractivity contribution in [3.63, 3.8) is 0 Å². The monoisotopic (exact) mass is 186 g/mol. The molecule has 0 N–H and O–H groups in total. The van der Waals surface area contributed by atoms with Crippen molar-refractivity contribution < 1.29 is 4.42 Å². The van der Waals surface area contributed by atoms with Crippen molar-refractivity contribution in [1.29, 1.82) is 0 Å². The van der Waals surface area contributed by atoms with Crippen molar-refractivity contribution in [1.82, 2.24) is 0 Å². The molecule has 0 amide bonds. The van der Waals surface area contributed by atoms with Crippen LogP contribution in [0, 0.1) is 6.92 Å². The third kappa shape index (κ3) is 1.72. The molecule has 1 heterocycles. The number of rotatable bonds is 1. The Balaban J connectivity index is 2.85. The molecule has 1 rings (SSSR count). The molecule has 0 spiro atoms. The van der Waals surface area contributed by atoms with Crippen molar-refractivity contribution in [3.05, 3.63) is 28.6 Å². The second kappa shape index (κ2) is 2.87. The highest BCUT2D eigenvalue weighted by atomic mass is 79.9. The largest absolute Gasteiger partial charge is 0.465 e. The van der Waals surface area contributed by atoms with E-state index in [0.29, 0.717) is 0 Å². The van der Waals surface area contributed by atoms with Crippen LogP contribution in [0.25, 0.3) is 6.08 Å². The Labute approximate surface area is 62.5 Å². The van der Waals surface area contributed by atoms with Gasteiger partial charge in [0.05, 0.1) is 6.26 Å². The minimum Gasteiger partial charge on any atom is -0.465 e. The summed E-state index contributed by atoms with van der Waals surface area (Å²) in [6.45, 7) is 2.00. The zero-order valence-corrected chi connectivity index (χ0v) is 6.68. The highest BCUT2D eigenvalue weighted by molar-refractivity contribution is 9.11. The smallest absolute Gasteiger partial charge is 0.127 e. The van der Waals surface area contributed by atoms with Gasteiger partial charge in [-0.2, -0.15) is 0 Å². The van der Waals surface area contributed by atoms with Crippen molar-refractivity contribution in [3.8, 4) is 0 Å². The molecule has 0 aromatic carbocycles. The lowest BCUT2D eigenvalue weighted by Gasteiger charge is -1.75. The Bertz CT molecular complexity index is 212. The Hall–Kier alpha value is -0.500. The second-order valence-corrected chi connectivity index (χ2v) is 2.35. The fraction of sp³-hybridized carbons (Fsp3) is 0.143. The van der Waals surface area contributed by atoms with Crippen LogP contribution >= 0.6 is 15.9 Å². The van der Waals surface area contributed by atoms with Gasteiger partial charge in [0.15, 0.2) is 0 Å². The van der Waals surface area contributed by atoms with Crippen LogP contribution < -0.4 is 0 Å². The van der Waals surface area contributed by atoms with Gasteiger partial charge in [-0.15, -0.1) is 0 Å². The summed E-state index contributed by atoms with van der Waals surface area (Å²) in [6.07, 6.45) is 3.58. The van der Waals surface area contributed by atoms with Crippen molar-refractivity contribution in [2.24, 2.45) is 0 Å². The summed E-state index contributed by atoms with van der Waals surface area (Å²) >= 11 is 3.15. The van der Waals surface area contributed by atoms with Crippen LogP contribution in [0.15, 0.2) is 21.7 Å². The zero-order chi connectivity index (χ0) is 6.69. The number of hydrogen-bond acceptors (Lipinski definition) is 1. The van der Waals surface area contributed by atoms with E-state index in [1.54, 1.807) is 11.2 Å². The average Bonchev–Trinajstić information content (AvgIpc) is 2.17. The molecule has 48 valence electrons. The second-order valence-electron chi connectivity index (χ2n) is 1.82. The Kier molecular flexibility index (Phi) is 2.11. The lowest BCUT2D eigenvalue weighted by atomic mass is 10.3. The highest BCUT2D eigenvalue weighted by Gasteiger charge is 1.89. The van der Waals surface area contributed by atoms with Crippen molar-refractivity contribution in [2.75, 3.05) is 0 Å². The molecular formula is C7H7BrO. The molecule has 0 aliphatic heterocycles. The molecule has 0 radical (unpaired) electrons. The minimum atomic E-state index is 0.879. The number of aryl methyl sites for hydroxylation is 1. The van der Waals surface area contributed by atoms with Crippen molar-refractivity contribution in [2.45, 2.75) is 6.92 Å². The van der Waals surface area contributed by atoms with Gasteiger partial charge >= 0.3 is 0 Å². The first-order chi connectivity index (χ1) is 4.33. The topological polar surface area (TPSA) is 13.1 Å². The molecule has 2 heteroatoms. The minimum absolute atomic E-state index is 0.879. The van der Waals surface area contributed by atoms with Gasteiger partial charge in [0, 0.05) is 0 Å². The quantitative estimate of drug-likeness (QED) is 0.658.